The van der Waals surface area contributed by atoms with Crippen LogP contribution < -0.4 is 0 Å². The zero-order chi connectivity index (χ0) is 13.8. The van der Waals surface area contributed by atoms with Crippen LogP contribution >= 0.6 is 0 Å². The Hall–Kier alpha value is -2.43. The predicted molar refractivity (Wildman–Crippen MR) is 67.3 cm³/mol. The minimum absolute atomic E-state index is 0.0771. The molecule has 0 spiro atoms. The van der Waals surface area contributed by atoms with Crippen LogP contribution in [0, 0.1) is 17.0 Å². The van der Waals surface area contributed by atoms with Gasteiger partial charge in [0.2, 0.25) is 5.97 Å². The molecule has 96 valence electrons. The second-order valence-corrected chi connectivity index (χ2v) is 3.77. The summed E-state index contributed by atoms with van der Waals surface area (Å²) in [7, 11) is 0. The van der Waals surface area contributed by atoms with Gasteiger partial charge in [-0.15, -0.1) is 0 Å². The lowest BCUT2D eigenvalue weighted by Crippen LogP contribution is -2.01. The average Bonchev–Trinajstić information content (AvgIpc) is 2.40. The summed E-state index contributed by atoms with van der Waals surface area (Å²) in [5, 5.41) is 7.60. The molecule has 0 amide bonds. The second-order valence-electron chi connectivity index (χ2n) is 3.77. The molecule has 19 heavy (non-hydrogen) atoms. The summed E-state index contributed by atoms with van der Waals surface area (Å²) in [4.78, 5) is 3.47. The van der Waals surface area contributed by atoms with E-state index in [-0.39, 0.29) is 11.4 Å². The Bertz CT molecular complexity index is 616. The molecule has 2 nitrogen and oxygen atoms in total. The molecule has 0 aliphatic heterocycles. The van der Waals surface area contributed by atoms with E-state index < -0.39 is 17.6 Å². The van der Waals surface area contributed by atoms with E-state index >= 15 is 0 Å². The molecule has 0 saturated heterocycles. The van der Waals surface area contributed by atoms with E-state index in [1.54, 1.807) is 0 Å². The number of amidine groups is 1. The van der Waals surface area contributed by atoms with Gasteiger partial charge in [0.15, 0.2) is 5.84 Å². The maximum atomic E-state index is 13.7. The van der Waals surface area contributed by atoms with Gasteiger partial charge in [-0.2, -0.15) is 9.38 Å². The normalized spacial score (nSPS) is 11.4. The number of hydrogen-bond donors (Lipinski definition) is 1. The fourth-order valence-electron chi connectivity index (χ4n) is 1.42. The average molecular weight is 262 g/mol. The van der Waals surface area contributed by atoms with E-state index in [4.69, 9.17) is 5.41 Å². The van der Waals surface area contributed by atoms with Crippen LogP contribution in [0.25, 0.3) is 0 Å². The molecule has 0 unspecified atom stereocenters. The number of benzene rings is 2. The quantitative estimate of drug-likeness (QED) is 0.632. The fraction of sp³-hybridized carbons (Fsp3) is 0. The summed E-state index contributed by atoms with van der Waals surface area (Å²) < 4.78 is 39.1. The van der Waals surface area contributed by atoms with E-state index in [9.17, 15) is 13.2 Å². The lowest BCUT2D eigenvalue weighted by molar-refractivity contribution is 0.627. The molecule has 0 saturated carbocycles. The van der Waals surface area contributed by atoms with Crippen molar-refractivity contribution < 1.29 is 13.2 Å². The number of nitrogens with one attached hydrogen (secondary N) is 1. The van der Waals surface area contributed by atoms with Crippen molar-refractivity contribution >= 4 is 11.8 Å². The van der Waals surface area contributed by atoms with Crippen molar-refractivity contribution in [2.24, 2.45) is 4.99 Å². The Labute approximate surface area is 107 Å². The first-order valence-corrected chi connectivity index (χ1v) is 5.41. The van der Waals surface area contributed by atoms with Crippen LogP contribution in [0.2, 0.25) is 0 Å². The lowest BCUT2D eigenvalue weighted by Gasteiger charge is -2.00. The molecule has 0 aliphatic carbocycles. The monoisotopic (exact) mass is 262 g/mol. The van der Waals surface area contributed by atoms with Gasteiger partial charge < -0.3 is 0 Å². The first-order valence-electron chi connectivity index (χ1n) is 5.41. The van der Waals surface area contributed by atoms with Crippen molar-refractivity contribution in [2.45, 2.75) is 0 Å². The van der Waals surface area contributed by atoms with Gasteiger partial charge in [-0.25, -0.2) is 8.78 Å². The summed E-state index contributed by atoms with van der Waals surface area (Å²) in [6.07, 6.45) is 0. The summed E-state index contributed by atoms with van der Waals surface area (Å²) in [5.41, 5.74) is 0.368. The largest absolute Gasteiger partial charge is 0.282 e. The second kappa shape index (κ2) is 5.48. The Kier molecular flexibility index (Phi) is 3.75. The van der Waals surface area contributed by atoms with Crippen molar-refractivity contribution in [3.05, 3.63) is 71.3 Å². The molecular weight excluding hydrogens is 253 g/mol. The van der Waals surface area contributed by atoms with E-state index in [0.29, 0.717) is 5.56 Å². The summed E-state index contributed by atoms with van der Waals surface area (Å²) >= 11 is 0. The highest BCUT2D eigenvalue weighted by Crippen LogP contribution is 2.09. The van der Waals surface area contributed by atoms with E-state index in [1.165, 1.54) is 24.3 Å². The molecule has 0 aliphatic rings. The van der Waals surface area contributed by atoms with Crippen LogP contribution in [-0.2, 0) is 0 Å². The molecule has 0 aromatic heterocycles. The molecule has 0 heterocycles. The van der Waals surface area contributed by atoms with E-state index in [0.717, 1.165) is 24.3 Å². The zero-order valence-corrected chi connectivity index (χ0v) is 9.70. The Morgan fingerprint density at radius 3 is 1.68 bits per heavy atom. The third kappa shape index (κ3) is 3.28. The highest BCUT2D eigenvalue weighted by molar-refractivity contribution is 6.07. The zero-order valence-electron chi connectivity index (χ0n) is 9.70. The van der Waals surface area contributed by atoms with Gasteiger partial charge >= 0.3 is 0 Å². The van der Waals surface area contributed by atoms with Crippen LogP contribution in [0.5, 0.6) is 0 Å². The van der Waals surface area contributed by atoms with Crippen molar-refractivity contribution in [3.63, 3.8) is 0 Å². The number of aliphatic imine (C=N–C) groups is 1. The van der Waals surface area contributed by atoms with Gasteiger partial charge in [-0.1, -0.05) is 0 Å². The fourth-order valence-corrected chi connectivity index (χ4v) is 1.42. The Balaban J connectivity index is 2.22. The third-order valence-electron chi connectivity index (χ3n) is 2.41. The maximum absolute atomic E-state index is 13.7. The first kappa shape index (κ1) is 13.0. The number of nitrogens with zero attached hydrogens (tertiary/aromatic N) is 1. The molecular formula is C14H9F3N2. The molecule has 2 rings (SSSR count). The first-order chi connectivity index (χ1) is 9.06. The summed E-state index contributed by atoms with van der Waals surface area (Å²) in [6.45, 7) is 0. The molecule has 2 aromatic rings. The van der Waals surface area contributed by atoms with Crippen molar-refractivity contribution in [1.82, 2.24) is 0 Å². The van der Waals surface area contributed by atoms with Gasteiger partial charge in [-0.3, -0.25) is 5.41 Å². The minimum Gasteiger partial charge on any atom is -0.282 e. The molecule has 1 N–H and O–H groups in total. The van der Waals surface area contributed by atoms with Crippen molar-refractivity contribution in [3.8, 4) is 0 Å². The van der Waals surface area contributed by atoms with Crippen LogP contribution in [0.1, 0.15) is 11.1 Å². The predicted octanol–water partition coefficient (Wildman–Crippen LogP) is 3.71. The van der Waals surface area contributed by atoms with Gasteiger partial charge in [0.25, 0.3) is 0 Å². The highest BCUT2D eigenvalue weighted by Gasteiger charge is 2.06. The lowest BCUT2D eigenvalue weighted by atomic mass is 10.2. The van der Waals surface area contributed by atoms with Crippen LogP contribution in [0.4, 0.5) is 13.2 Å². The Morgan fingerprint density at radius 2 is 1.21 bits per heavy atom. The van der Waals surface area contributed by atoms with E-state index in [2.05, 4.69) is 4.99 Å². The molecule has 5 heteroatoms. The topological polar surface area (TPSA) is 36.2 Å². The van der Waals surface area contributed by atoms with Crippen molar-refractivity contribution in [1.29, 1.82) is 5.41 Å². The van der Waals surface area contributed by atoms with Gasteiger partial charge in [-0.05, 0) is 48.5 Å². The van der Waals surface area contributed by atoms with Gasteiger partial charge in [0.1, 0.15) is 11.6 Å². The van der Waals surface area contributed by atoms with Gasteiger partial charge in [0, 0.05) is 11.1 Å². The third-order valence-corrected chi connectivity index (χ3v) is 2.41. The highest BCUT2D eigenvalue weighted by atomic mass is 19.1. The summed E-state index contributed by atoms with van der Waals surface area (Å²) in [5.74, 6) is -2.15. The SMILES string of the molecule is N=C(N=C(F)c1ccc(F)cc1)c1ccc(F)cc1. The van der Waals surface area contributed by atoms with E-state index in [1.807, 2.05) is 0 Å². The minimum atomic E-state index is -0.894. The van der Waals surface area contributed by atoms with Crippen LogP contribution in [0.15, 0.2) is 53.5 Å². The van der Waals surface area contributed by atoms with Gasteiger partial charge in [0.05, 0.1) is 0 Å². The van der Waals surface area contributed by atoms with Crippen LogP contribution in [0.3, 0.4) is 0 Å². The molecule has 0 fully saturated rings. The summed E-state index contributed by atoms with van der Waals surface area (Å²) in [6, 6.07) is 9.65. The molecule has 0 bridgehead atoms. The number of rotatable bonds is 2. The smallest absolute Gasteiger partial charge is 0.222 e. The number of hydrogen-bond acceptors (Lipinski definition) is 1. The standard InChI is InChI=1S/C14H9F3N2/c15-11-5-1-9(2-6-11)13(17)19-14(18)10-3-7-12(16)8-4-10/h1-8,18H. The number of halogens is 3. The Morgan fingerprint density at radius 1 is 0.789 bits per heavy atom. The van der Waals surface area contributed by atoms with Crippen LogP contribution in [-0.4, -0.2) is 11.8 Å². The van der Waals surface area contributed by atoms with Crippen molar-refractivity contribution in [2.75, 3.05) is 0 Å². The molecule has 2 aromatic carbocycles. The molecule has 0 atom stereocenters. The molecule has 0 radical (unpaired) electrons. The maximum Gasteiger partial charge on any atom is 0.222 e.